The van der Waals surface area contributed by atoms with E-state index in [2.05, 4.69) is 9.69 Å². The van der Waals surface area contributed by atoms with Crippen LogP contribution in [0.2, 0.25) is 4.34 Å². The zero-order valence-corrected chi connectivity index (χ0v) is 9.55. The van der Waals surface area contributed by atoms with E-state index in [1.54, 1.807) is 11.3 Å². The number of rotatable bonds is 3. The third-order valence-corrected chi connectivity index (χ3v) is 3.59. The first-order valence-corrected chi connectivity index (χ1v) is 5.91. The van der Waals surface area contributed by atoms with E-state index in [0.717, 1.165) is 15.9 Å². The van der Waals surface area contributed by atoms with E-state index in [0.29, 0.717) is 5.82 Å². The molecular weight excluding hydrogens is 238 g/mol. The lowest BCUT2D eigenvalue weighted by atomic mass is 10.4. The molecule has 14 heavy (non-hydrogen) atoms. The van der Waals surface area contributed by atoms with Crippen molar-refractivity contribution >= 4 is 45.3 Å². The van der Waals surface area contributed by atoms with E-state index >= 15 is 0 Å². The zero-order chi connectivity index (χ0) is 9.97. The maximum Gasteiger partial charge on any atom is 0.139 e. The number of aromatic nitrogens is 1. The number of nitrogen functional groups attached to an aromatic ring is 1. The van der Waals surface area contributed by atoms with Gasteiger partial charge in [-0.15, -0.1) is 11.3 Å². The number of nitrogens with one attached hydrogen (secondary N) is 1. The SMILES string of the molecule is Nc1cc(NCc2ccc(Cl)s2)sn1. The van der Waals surface area contributed by atoms with Crippen LogP contribution in [0.15, 0.2) is 18.2 Å². The minimum Gasteiger partial charge on any atom is -0.383 e. The molecule has 2 rings (SSSR count). The van der Waals surface area contributed by atoms with E-state index in [-0.39, 0.29) is 0 Å². The predicted octanol–water partition coefficient (Wildman–Crippen LogP) is 3.05. The second-order valence-electron chi connectivity index (χ2n) is 2.68. The lowest BCUT2D eigenvalue weighted by Gasteiger charge is -1.98. The van der Waals surface area contributed by atoms with Crippen LogP contribution < -0.4 is 11.1 Å². The Balaban J connectivity index is 1.94. The number of hydrogen-bond donors (Lipinski definition) is 2. The van der Waals surface area contributed by atoms with Gasteiger partial charge in [0, 0.05) is 10.9 Å². The normalized spacial score (nSPS) is 10.4. The lowest BCUT2D eigenvalue weighted by Crippen LogP contribution is -1.94. The molecule has 3 nitrogen and oxygen atoms in total. The van der Waals surface area contributed by atoms with E-state index < -0.39 is 0 Å². The fourth-order valence-electron chi connectivity index (χ4n) is 0.993. The average Bonchev–Trinajstić information content (AvgIpc) is 2.72. The third kappa shape index (κ3) is 2.37. The Hall–Kier alpha value is -0.780. The molecule has 6 heteroatoms. The van der Waals surface area contributed by atoms with Gasteiger partial charge in [-0.1, -0.05) is 11.6 Å². The van der Waals surface area contributed by atoms with Gasteiger partial charge in [-0.2, -0.15) is 4.37 Å². The number of thiophene rings is 1. The van der Waals surface area contributed by atoms with E-state index in [4.69, 9.17) is 17.3 Å². The van der Waals surface area contributed by atoms with Crippen LogP contribution in [0.25, 0.3) is 0 Å². The molecule has 2 heterocycles. The second-order valence-corrected chi connectivity index (χ2v) is 5.28. The maximum atomic E-state index is 5.81. The highest BCUT2D eigenvalue weighted by Crippen LogP contribution is 2.23. The van der Waals surface area contributed by atoms with Crippen LogP contribution in [0.1, 0.15) is 4.88 Å². The van der Waals surface area contributed by atoms with Gasteiger partial charge in [-0.05, 0) is 23.7 Å². The van der Waals surface area contributed by atoms with Crippen LogP contribution >= 0.6 is 34.5 Å². The van der Waals surface area contributed by atoms with Crippen LogP contribution in [0.4, 0.5) is 10.8 Å². The Labute approximate surface area is 94.7 Å². The molecule has 0 aliphatic heterocycles. The molecule has 0 spiro atoms. The van der Waals surface area contributed by atoms with Crippen molar-refractivity contribution in [3.8, 4) is 0 Å². The van der Waals surface area contributed by atoms with E-state index in [9.17, 15) is 0 Å². The van der Waals surface area contributed by atoms with Gasteiger partial charge in [0.2, 0.25) is 0 Å². The molecule has 0 atom stereocenters. The molecule has 0 aromatic carbocycles. The predicted molar refractivity (Wildman–Crippen MR) is 63.2 cm³/mol. The largest absolute Gasteiger partial charge is 0.383 e. The highest BCUT2D eigenvalue weighted by atomic mass is 35.5. The molecule has 2 aromatic rings. The Kier molecular flexibility index (Phi) is 2.90. The molecule has 0 aliphatic rings. The summed E-state index contributed by atoms with van der Waals surface area (Å²) in [5, 5.41) is 4.20. The Morgan fingerprint density at radius 1 is 1.50 bits per heavy atom. The van der Waals surface area contributed by atoms with Crippen LogP contribution in [0, 0.1) is 0 Å². The second kappa shape index (κ2) is 4.16. The number of hydrogen-bond acceptors (Lipinski definition) is 5. The summed E-state index contributed by atoms with van der Waals surface area (Å²) in [5.41, 5.74) is 5.49. The summed E-state index contributed by atoms with van der Waals surface area (Å²) in [6.07, 6.45) is 0. The molecule has 0 bridgehead atoms. The molecule has 0 unspecified atom stereocenters. The summed E-state index contributed by atoms with van der Waals surface area (Å²) >= 11 is 8.74. The number of nitrogens with zero attached hydrogens (tertiary/aromatic N) is 1. The van der Waals surface area contributed by atoms with Crippen LogP contribution in [0.5, 0.6) is 0 Å². The van der Waals surface area contributed by atoms with Crippen molar-refractivity contribution in [1.82, 2.24) is 4.37 Å². The maximum absolute atomic E-state index is 5.81. The minimum absolute atomic E-state index is 0.557. The fourth-order valence-corrected chi connectivity index (χ4v) is 2.59. The Morgan fingerprint density at radius 2 is 2.36 bits per heavy atom. The van der Waals surface area contributed by atoms with Gasteiger partial charge in [0.15, 0.2) is 0 Å². The Bertz CT molecular complexity index is 383. The molecule has 3 N–H and O–H groups in total. The first kappa shape index (κ1) is 9.76. The quantitative estimate of drug-likeness (QED) is 0.874. The average molecular weight is 246 g/mol. The van der Waals surface area contributed by atoms with Gasteiger partial charge in [0.25, 0.3) is 0 Å². The molecule has 2 aromatic heterocycles. The fraction of sp³-hybridized carbons (Fsp3) is 0.125. The first-order valence-electron chi connectivity index (χ1n) is 3.94. The van der Waals surface area contributed by atoms with Crippen molar-refractivity contribution < 1.29 is 0 Å². The van der Waals surface area contributed by atoms with Crippen molar-refractivity contribution in [2.75, 3.05) is 11.1 Å². The van der Waals surface area contributed by atoms with Gasteiger partial charge in [0.1, 0.15) is 10.8 Å². The molecule has 74 valence electrons. The highest BCUT2D eigenvalue weighted by Gasteiger charge is 2.00. The number of anilines is 2. The van der Waals surface area contributed by atoms with Crippen molar-refractivity contribution in [3.63, 3.8) is 0 Å². The van der Waals surface area contributed by atoms with Crippen LogP contribution in [-0.4, -0.2) is 4.37 Å². The molecule has 0 amide bonds. The van der Waals surface area contributed by atoms with Gasteiger partial charge in [-0.25, -0.2) is 0 Å². The minimum atomic E-state index is 0.557. The van der Waals surface area contributed by atoms with Gasteiger partial charge in [-0.3, -0.25) is 0 Å². The molecule has 0 saturated carbocycles. The van der Waals surface area contributed by atoms with Gasteiger partial charge < -0.3 is 11.1 Å². The van der Waals surface area contributed by atoms with E-state index in [1.807, 2.05) is 18.2 Å². The standard InChI is InChI=1S/C8H8ClN3S2/c9-6-2-1-5(13-6)4-11-8-3-7(10)12-14-8/h1-3,11H,4H2,(H2,10,12). The van der Waals surface area contributed by atoms with Crippen molar-refractivity contribution in [1.29, 1.82) is 0 Å². The summed E-state index contributed by atoms with van der Waals surface area (Å²) < 4.78 is 4.78. The lowest BCUT2D eigenvalue weighted by molar-refractivity contribution is 1.21. The summed E-state index contributed by atoms with van der Waals surface area (Å²) in [7, 11) is 0. The smallest absolute Gasteiger partial charge is 0.139 e. The third-order valence-electron chi connectivity index (χ3n) is 1.59. The number of nitrogens with two attached hydrogens (primary N) is 1. The molecular formula is C8H8ClN3S2. The van der Waals surface area contributed by atoms with Gasteiger partial charge in [0.05, 0.1) is 10.9 Å². The molecule has 0 radical (unpaired) electrons. The van der Waals surface area contributed by atoms with Crippen molar-refractivity contribution in [2.45, 2.75) is 6.54 Å². The topological polar surface area (TPSA) is 50.9 Å². The summed E-state index contributed by atoms with van der Waals surface area (Å²) in [6.45, 7) is 0.763. The molecule has 0 fully saturated rings. The van der Waals surface area contributed by atoms with Crippen molar-refractivity contribution in [2.24, 2.45) is 0 Å². The summed E-state index contributed by atoms with van der Waals surface area (Å²) in [6, 6.07) is 5.72. The Morgan fingerprint density at radius 3 is 2.93 bits per heavy atom. The summed E-state index contributed by atoms with van der Waals surface area (Å²) in [4.78, 5) is 1.20. The molecule has 0 saturated heterocycles. The monoisotopic (exact) mass is 245 g/mol. The van der Waals surface area contributed by atoms with Crippen molar-refractivity contribution in [3.05, 3.63) is 27.4 Å². The van der Waals surface area contributed by atoms with Gasteiger partial charge >= 0.3 is 0 Å². The number of halogens is 1. The first-order chi connectivity index (χ1) is 6.74. The zero-order valence-electron chi connectivity index (χ0n) is 7.16. The highest BCUT2D eigenvalue weighted by molar-refractivity contribution is 7.16. The van der Waals surface area contributed by atoms with Crippen LogP contribution in [-0.2, 0) is 6.54 Å². The summed E-state index contributed by atoms with van der Waals surface area (Å²) in [5.74, 6) is 0.557. The van der Waals surface area contributed by atoms with E-state index in [1.165, 1.54) is 16.4 Å². The molecule has 0 aliphatic carbocycles. The van der Waals surface area contributed by atoms with Crippen LogP contribution in [0.3, 0.4) is 0 Å².